The quantitative estimate of drug-likeness (QED) is 0.773. The highest BCUT2D eigenvalue weighted by atomic mass is 35.5. The van der Waals surface area contributed by atoms with Gasteiger partial charge in [0.25, 0.3) is 10.2 Å². The van der Waals surface area contributed by atoms with E-state index in [0.29, 0.717) is 25.6 Å². The van der Waals surface area contributed by atoms with E-state index in [1.807, 2.05) is 13.8 Å². The summed E-state index contributed by atoms with van der Waals surface area (Å²) in [6, 6.07) is -0.0618. The number of nitrogens with one attached hydrogen (secondary N) is 1. The molecule has 3 N–H and O–H groups in total. The molecule has 1 fully saturated rings. The first kappa shape index (κ1) is 16.1. The molecule has 0 amide bonds. The summed E-state index contributed by atoms with van der Waals surface area (Å²) in [7, 11) is -3.30. The Hall–Kier alpha value is 0.120. The molecule has 0 aromatic heterocycles. The monoisotopic (exact) mass is 271 g/mol. The molecule has 0 spiro atoms. The first-order chi connectivity index (χ1) is 6.95. The van der Waals surface area contributed by atoms with Crippen molar-refractivity contribution in [2.45, 2.75) is 32.7 Å². The van der Waals surface area contributed by atoms with Gasteiger partial charge in [-0.1, -0.05) is 0 Å². The van der Waals surface area contributed by atoms with E-state index in [4.69, 9.17) is 5.73 Å². The van der Waals surface area contributed by atoms with Crippen LogP contribution in [0.5, 0.6) is 0 Å². The Morgan fingerprint density at radius 2 is 2.12 bits per heavy atom. The fourth-order valence-corrected chi connectivity index (χ4v) is 3.33. The summed E-state index contributed by atoms with van der Waals surface area (Å²) in [5.74, 6) is 0.308. The summed E-state index contributed by atoms with van der Waals surface area (Å²) in [6.07, 6.45) is 1.94. The molecule has 16 heavy (non-hydrogen) atoms. The first-order valence-corrected chi connectivity index (χ1v) is 6.87. The molecule has 0 bridgehead atoms. The van der Waals surface area contributed by atoms with Crippen molar-refractivity contribution in [3.05, 3.63) is 0 Å². The zero-order valence-electron chi connectivity index (χ0n) is 9.85. The van der Waals surface area contributed by atoms with Crippen molar-refractivity contribution in [3.63, 3.8) is 0 Å². The number of piperidine rings is 1. The van der Waals surface area contributed by atoms with Crippen molar-refractivity contribution in [3.8, 4) is 0 Å². The number of nitrogens with zero attached hydrogens (tertiary/aromatic N) is 1. The molecule has 0 aliphatic carbocycles. The minimum Gasteiger partial charge on any atom is -0.330 e. The Morgan fingerprint density at radius 1 is 1.50 bits per heavy atom. The van der Waals surface area contributed by atoms with E-state index < -0.39 is 10.2 Å². The van der Waals surface area contributed by atoms with Crippen LogP contribution < -0.4 is 10.5 Å². The largest absolute Gasteiger partial charge is 0.330 e. The van der Waals surface area contributed by atoms with Gasteiger partial charge in [-0.05, 0) is 39.2 Å². The summed E-state index contributed by atoms with van der Waals surface area (Å²) in [5.41, 5.74) is 5.57. The van der Waals surface area contributed by atoms with Crippen molar-refractivity contribution in [2.75, 3.05) is 19.6 Å². The van der Waals surface area contributed by atoms with Gasteiger partial charge in [-0.3, -0.25) is 0 Å². The molecule has 1 atom stereocenters. The normalized spacial score (nSPS) is 23.1. The van der Waals surface area contributed by atoms with E-state index in [1.165, 1.54) is 4.31 Å². The smallest absolute Gasteiger partial charge is 0.279 e. The molecule has 1 unspecified atom stereocenters. The Kier molecular flexibility index (Phi) is 6.81. The van der Waals surface area contributed by atoms with Gasteiger partial charge in [0, 0.05) is 19.1 Å². The second kappa shape index (κ2) is 6.76. The Bertz CT molecular complexity index is 295. The maximum Gasteiger partial charge on any atom is 0.279 e. The summed E-state index contributed by atoms with van der Waals surface area (Å²) < 4.78 is 27.8. The van der Waals surface area contributed by atoms with Crippen molar-refractivity contribution < 1.29 is 8.42 Å². The van der Waals surface area contributed by atoms with Gasteiger partial charge in [-0.25, -0.2) is 0 Å². The van der Waals surface area contributed by atoms with E-state index in [1.54, 1.807) is 0 Å². The van der Waals surface area contributed by atoms with Crippen LogP contribution in [0.15, 0.2) is 0 Å². The zero-order valence-corrected chi connectivity index (χ0v) is 11.5. The molecule has 0 aromatic rings. The molecule has 0 saturated carbocycles. The molecule has 1 aliphatic heterocycles. The maximum atomic E-state index is 11.8. The molecule has 1 saturated heterocycles. The predicted octanol–water partition coefficient (Wildman–Crippen LogP) is 0.322. The van der Waals surface area contributed by atoms with Gasteiger partial charge < -0.3 is 5.73 Å². The highest BCUT2D eigenvalue weighted by molar-refractivity contribution is 7.87. The minimum absolute atomic E-state index is 0. The molecule has 1 aliphatic rings. The average molecular weight is 272 g/mol. The number of halogens is 1. The lowest BCUT2D eigenvalue weighted by Gasteiger charge is -2.31. The second-order valence-corrected chi connectivity index (χ2v) is 6.08. The Labute approximate surface area is 104 Å². The third kappa shape index (κ3) is 4.55. The predicted molar refractivity (Wildman–Crippen MR) is 67.8 cm³/mol. The maximum absolute atomic E-state index is 11.8. The van der Waals surface area contributed by atoms with Crippen molar-refractivity contribution in [1.29, 1.82) is 0 Å². The molecule has 7 heteroatoms. The van der Waals surface area contributed by atoms with Gasteiger partial charge in [0.1, 0.15) is 0 Å². The fraction of sp³-hybridized carbons (Fsp3) is 1.00. The molecule has 0 aromatic carbocycles. The average Bonchev–Trinajstić information content (AvgIpc) is 2.16. The Balaban J connectivity index is 0.00000225. The van der Waals surface area contributed by atoms with Gasteiger partial charge in [-0.2, -0.15) is 17.4 Å². The second-order valence-electron chi connectivity index (χ2n) is 4.38. The topological polar surface area (TPSA) is 75.4 Å². The third-order valence-corrected chi connectivity index (χ3v) is 4.32. The third-order valence-electron chi connectivity index (χ3n) is 2.54. The lowest BCUT2D eigenvalue weighted by molar-refractivity contribution is 0.268. The zero-order chi connectivity index (χ0) is 11.5. The molecule has 1 rings (SSSR count). The SMILES string of the molecule is CC(C)NS(=O)(=O)N1CCCC(CN)C1.Cl. The highest BCUT2D eigenvalue weighted by Crippen LogP contribution is 2.17. The first-order valence-electron chi connectivity index (χ1n) is 5.43. The minimum atomic E-state index is -3.30. The lowest BCUT2D eigenvalue weighted by Crippen LogP contribution is -2.48. The molecule has 0 radical (unpaired) electrons. The van der Waals surface area contributed by atoms with E-state index in [0.717, 1.165) is 12.8 Å². The van der Waals surface area contributed by atoms with Crippen LogP contribution in [0.2, 0.25) is 0 Å². The lowest BCUT2D eigenvalue weighted by atomic mass is 10.0. The summed E-state index contributed by atoms with van der Waals surface area (Å²) in [4.78, 5) is 0. The van der Waals surface area contributed by atoms with Crippen LogP contribution in [0, 0.1) is 5.92 Å². The highest BCUT2D eigenvalue weighted by Gasteiger charge is 2.28. The van der Waals surface area contributed by atoms with Crippen LogP contribution in [0.3, 0.4) is 0 Å². The van der Waals surface area contributed by atoms with E-state index in [2.05, 4.69) is 4.72 Å². The molecular weight excluding hydrogens is 250 g/mol. The van der Waals surface area contributed by atoms with Gasteiger partial charge in [0.15, 0.2) is 0 Å². The van der Waals surface area contributed by atoms with E-state index >= 15 is 0 Å². The summed E-state index contributed by atoms with van der Waals surface area (Å²) in [6.45, 7) is 5.37. The summed E-state index contributed by atoms with van der Waals surface area (Å²) in [5, 5.41) is 0. The van der Waals surface area contributed by atoms with Crippen LogP contribution in [0.1, 0.15) is 26.7 Å². The summed E-state index contributed by atoms with van der Waals surface area (Å²) >= 11 is 0. The van der Waals surface area contributed by atoms with Crippen LogP contribution in [0.25, 0.3) is 0 Å². The Morgan fingerprint density at radius 3 is 2.62 bits per heavy atom. The van der Waals surface area contributed by atoms with Gasteiger partial charge in [-0.15, -0.1) is 12.4 Å². The number of hydrogen-bond donors (Lipinski definition) is 2. The number of rotatable bonds is 4. The van der Waals surface area contributed by atoms with Crippen LogP contribution in [-0.4, -0.2) is 38.4 Å². The van der Waals surface area contributed by atoms with E-state index in [9.17, 15) is 8.42 Å². The van der Waals surface area contributed by atoms with E-state index in [-0.39, 0.29) is 18.4 Å². The van der Waals surface area contributed by atoms with Crippen LogP contribution in [0.4, 0.5) is 0 Å². The van der Waals surface area contributed by atoms with Crippen molar-refractivity contribution >= 4 is 22.6 Å². The van der Waals surface area contributed by atoms with Crippen LogP contribution >= 0.6 is 12.4 Å². The number of nitrogens with two attached hydrogens (primary N) is 1. The van der Waals surface area contributed by atoms with Gasteiger partial charge in [0.2, 0.25) is 0 Å². The standard InChI is InChI=1S/C9H21N3O2S.ClH/c1-8(2)11-15(13,14)12-5-3-4-9(6-10)7-12;/h8-9,11H,3-7,10H2,1-2H3;1H. The van der Waals surface area contributed by atoms with Gasteiger partial charge in [0.05, 0.1) is 0 Å². The molecular formula is C9H22ClN3O2S. The van der Waals surface area contributed by atoms with Crippen LogP contribution in [-0.2, 0) is 10.2 Å². The van der Waals surface area contributed by atoms with Crippen molar-refractivity contribution in [1.82, 2.24) is 9.03 Å². The fourth-order valence-electron chi connectivity index (χ4n) is 1.81. The number of hydrogen-bond acceptors (Lipinski definition) is 3. The molecule has 5 nitrogen and oxygen atoms in total. The molecule has 98 valence electrons. The van der Waals surface area contributed by atoms with Gasteiger partial charge >= 0.3 is 0 Å². The molecule has 1 heterocycles. The van der Waals surface area contributed by atoms with Crippen molar-refractivity contribution in [2.24, 2.45) is 11.7 Å².